The van der Waals surface area contributed by atoms with Crippen LogP contribution in [0.4, 0.5) is 0 Å². The lowest BCUT2D eigenvalue weighted by Gasteiger charge is -2.19. The predicted octanol–water partition coefficient (Wildman–Crippen LogP) is 11.8. The molecule has 0 aliphatic heterocycles. The highest BCUT2D eigenvalue weighted by molar-refractivity contribution is 6.22. The third-order valence-corrected chi connectivity index (χ3v) is 9.25. The summed E-state index contributed by atoms with van der Waals surface area (Å²) in [6.07, 6.45) is 1.04. The third kappa shape index (κ3) is 4.62. The van der Waals surface area contributed by atoms with Crippen molar-refractivity contribution < 1.29 is 0 Å². The van der Waals surface area contributed by atoms with Crippen LogP contribution in [0.25, 0.3) is 71.6 Å². The molecule has 0 saturated heterocycles. The van der Waals surface area contributed by atoms with Crippen LogP contribution in [-0.2, 0) is 0 Å². The van der Waals surface area contributed by atoms with Gasteiger partial charge in [-0.2, -0.15) is 0 Å². The monoisotopic (exact) mass is 578 g/mol. The van der Waals surface area contributed by atoms with Crippen molar-refractivity contribution in [1.29, 1.82) is 0 Å². The number of benzene rings is 7. The molecule has 216 valence electrons. The first-order valence-electron chi connectivity index (χ1n) is 15.9. The SMILES string of the molecule is CCC(C)c1nc2ccccc2n1-c1ccc(-c2c3ccccc3c(-c3ccccc3)c3cc(-c4ccccc4)ccc23)cc1. The van der Waals surface area contributed by atoms with Gasteiger partial charge in [0.15, 0.2) is 0 Å². The average Bonchev–Trinajstić information content (AvgIpc) is 3.50. The van der Waals surface area contributed by atoms with Crippen molar-refractivity contribution in [3.63, 3.8) is 0 Å². The largest absolute Gasteiger partial charge is 0.296 e. The normalized spacial score (nSPS) is 12.2. The highest BCUT2D eigenvalue weighted by atomic mass is 15.1. The van der Waals surface area contributed by atoms with Crippen LogP contribution in [0.5, 0.6) is 0 Å². The Bertz CT molecular complexity index is 2300. The van der Waals surface area contributed by atoms with Crippen LogP contribution in [0.15, 0.2) is 152 Å². The van der Waals surface area contributed by atoms with Crippen LogP contribution in [-0.4, -0.2) is 9.55 Å². The minimum absolute atomic E-state index is 0.356. The van der Waals surface area contributed by atoms with E-state index in [9.17, 15) is 0 Å². The maximum atomic E-state index is 5.06. The van der Waals surface area contributed by atoms with Gasteiger partial charge < -0.3 is 0 Å². The Kier molecular flexibility index (Phi) is 6.76. The van der Waals surface area contributed by atoms with Crippen LogP contribution in [0.3, 0.4) is 0 Å². The summed E-state index contributed by atoms with van der Waals surface area (Å²) in [4.78, 5) is 5.06. The maximum Gasteiger partial charge on any atom is 0.117 e. The number of nitrogens with zero attached hydrogens (tertiary/aromatic N) is 2. The Morgan fingerprint density at radius 3 is 1.73 bits per heavy atom. The summed E-state index contributed by atoms with van der Waals surface area (Å²) in [7, 11) is 0. The lowest BCUT2D eigenvalue weighted by molar-refractivity contribution is 0.670. The van der Waals surface area contributed by atoms with Gasteiger partial charge in [-0.05, 0) is 91.7 Å². The van der Waals surface area contributed by atoms with E-state index in [-0.39, 0.29) is 0 Å². The molecule has 0 amide bonds. The van der Waals surface area contributed by atoms with Crippen LogP contribution >= 0.6 is 0 Å². The Balaban J connectivity index is 1.38. The van der Waals surface area contributed by atoms with E-state index in [0.29, 0.717) is 5.92 Å². The Morgan fingerprint density at radius 1 is 0.511 bits per heavy atom. The van der Waals surface area contributed by atoms with Gasteiger partial charge in [-0.1, -0.05) is 135 Å². The number of hydrogen-bond donors (Lipinski definition) is 0. The second-order valence-electron chi connectivity index (χ2n) is 11.9. The lowest BCUT2D eigenvalue weighted by Crippen LogP contribution is -2.04. The minimum atomic E-state index is 0.356. The van der Waals surface area contributed by atoms with Crippen molar-refractivity contribution in [3.8, 4) is 39.1 Å². The van der Waals surface area contributed by atoms with Crippen molar-refractivity contribution in [2.75, 3.05) is 0 Å². The summed E-state index contributed by atoms with van der Waals surface area (Å²) < 4.78 is 2.34. The Labute approximate surface area is 264 Å². The second kappa shape index (κ2) is 11.2. The molecule has 1 aromatic heterocycles. The molecule has 0 radical (unpaired) electrons. The molecule has 0 saturated carbocycles. The topological polar surface area (TPSA) is 17.8 Å². The quantitative estimate of drug-likeness (QED) is 0.179. The Morgan fingerprint density at radius 2 is 1.04 bits per heavy atom. The number of imidazole rings is 1. The van der Waals surface area contributed by atoms with Crippen molar-refractivity contribution in [2.24, 2.45) is 0 Å². The summed E-state index contributed by atoms with van der Waals surface area (Å²) in [5, 5.41) is 5.05. The van der Waals surface area contributed by atoms with E-state index in [1.807, 2.05) is 0 Å². The molecule has 0 aliphatic carbocycles. The van der Waals surface area contributed by atoms with Crippen molar-refractivity contribution in [3.05, 3.63) is 157 Å². The first-order valence-corrected chi connectivity index (χ1v) is 15.9. The van der Waals surface area contributed by atoms with E-state index < -0.39 is 0 Å². The number of rotatable bonds is 6. The van der Waals surface area contributed by atoms with Gasteiger partial charge in [0, 0.05) is 11.6 Å². The average molecular weight is 579 g/mol. The fourth-order valence-corrected chi connectivity index (χ4v) is 6.82. The van der Waals surface area contributed by atoms with E-state index in [4.69, 9.17) is 4.98 Å². The summed E-state index contributed by atoms with van der Waals surface area (Å²) in [6, 6.07) is 54.9. The molecule has 1 atom stereocenters. The predicted molar refractivity (Wildman–Crippen MR) is 191 cm³/mol. The summed E-state index contributed by atoms with van der Waals surface area (Å²) in [5.41, 5.74) is 10.8. The van der Waals surface area contributed by atoms with Crippen molar-refractivity contribution >= 4 is 32.6 Å². The van der Waals surface area contributed by atoms with E-state index >= 15 is 0 Å². The summed E-state index contributed by atoms with van der Waals surface area (Å²) in [5.74, 6) is 1.47. The van der Waals surface area contributed by atoms with Gasteiger partial charge in [-0.15, -0.1) is 0 Å². The summed E-state index contributed by atoms with van der Waals surface area (Å²) in [6.45, 7) is 4.50. The molecule has 1 heterocycles. The molecule has 0 N–H and O–H groups in total. The zero-order chi connectivity index (χ0) is 30.3. The van der Waals surface area contributed by atoms with Gasteiger partial charge in [0.05, 0.1) is 11.0 Å². The molecule has 2 heteroatoms. The van der Waals surface area contributed by atoms with Crippen molar-refractivity contribution in [2.45, 2.75) is 26.2 Å². The number of hydrogen-bond acceptors (Lipinski definition) is 1. The maximum absolute atomic E-state index is 5.06. The number of para-hydroxylation sites is 2. The van der Waals surface area contributed by atoms with Crippen LogP contribution < -0.4 is 0 Å². The molecule has 7 aromatic carbocycles. The molecular weight excluding hydrogens is 544 g/mol. The molecule has 0 aliphatic rings. The van der Waals surface area contributed by atoms with E-state index in [2.05, 4.69) is 170 Å². The van der Waals surface area contributed by atoms with Crippen molar-refractivity contribution in [1.82, 2.24) is 9.55 Å². The first-order chi connectivity index (χ1) is 22.2. The molecule has 8 rings (SSSR count). The standard InChI is InChI=1S/C43H34N2/c1-3-29(2)43-44-39-20-12-13-21-40(39)45(43)34-25-22-32(23-26-34)41-35-18-10-11-19-36(35)42(31-16-8-5-9-17-31)38-28-33(24-27-37(38)41)30-14-6-4-7-15-30/h4-29H,3H2,1-2H3. The zero-order valence-electron chi connectivity index (χ0n) is 25.6. The van der Waals surface area contributed by atoms with Gasteiger partial charge in [0.25, 0.3) is 0 Å². The Hall–Kier alpha value is -5.47. The first kappa shape index (κ1) is 27.1. The highest BCUT2D eigenvalue weighted by Gasteiger charge is 2.19. The van der Waals surface area contributed by atoms with E-state index in [0.717, 1.165) is 29.0 Å². The molecule has 2 nitrogen and oxygen atoms in total. The number of aromatic nitrogens is 2. The van der Waals surface area contributed by atoms with Crippen LogP contribution in [0, 0.1) is 0 Å². The van der Waals surface area contributed by atoms with Gasteiger partial charge in [-0.3, -0.25) is 4.57 Å². The van der Waals surface area contributed by atoms with E-state index in [1.54, 1.807) is 0 Å². The molecule has 0 spiro atoms. The fraction of sp³-hybridized carbons (Fsp3) is 0.0930. The van der Waals surface area contributed by atoms with E-state index in [1.165, 1.54) is 54.9 Å². The molecule has 45 heavy (non-hydrogen) atoms. The van der Waals surface area contributed by atoms with Crippen LogP contribution in [0.2, 0.25) is 0 Å². The number of fused-ring (bicyclic) bond motifs is 3. The molecule has 0 bridgehead atoms. The third-order valence-electron chi connectivity index (χ3n) is 9.25. The minimum Gasteiger partial charge on any atom is -0.296 e. The zero-order valence-corrected chi connectivity index (χ0v) is 25.6. The highest BCUT2D eigenvalue weighted by Crippen LogP contribution is 2.45. The molecule has 1 unspecified atom stereocenters. The lowest BCUT2D eigenvalue weighted by atomic mass is 9.85. The van der Waals surface area contributed by atoms with Gasteiger partial charge >= 0.3 is 0 Å². The molecular formula is C43H34N2. The van der Waals surface area contributed by atoms with Gasteiger partial charge in [0.2, 0.25) is 0 Å². The fourth-order valence-electron chi connectivity index (χ4n) is 6.82. The second-order valence-corrected chi connectivity index (χ2v) is 11.9. The summed E-state index contributed by atoms with van der Waals surface area (Å²) >= 11 is 0. The smallest absolute Gasteiger partial charge is 0.117 e. The molecule has 0 fully saturated rings. The van der Waals surface area contributed by atoms with Gasteiger partial charge in [-0.25, -0.2) is 4.98 Å². The van der Waals surface area contributed by atoms with Gasteiger partial charge in [0.1, 0.15) is 5.82 Å². The van der Waals surface area contributed by atoms with Crippen LogP contribution in [0.1, 0.15) is 32.0 Å². The molecule has 8 aromatic rings.